The molecule has 0 radical (unpaired) electrons. The lowest BCUT2D eigenvalue weighted by molar-refractivity contribution is 0.0342. The van der Waals surface area contributed by atoms with E-state index in [0.717, 1.165) is 49.2 Å². The van der Waals surface area contributed by atoms with E-state index in [1.54, 1.807) is 36.4 Å². The molecule has 0 bridgehead atoms. The number of rotatable bonds is 6. The molecular weight excluding hydrogens is 412 g/mol. The van der Waals surface area contributed by atoms with E-state index in [-0.39, 0.29) is 5.69 Å². The summed E-state index contributed by atoms with van der Waals surface area (Å²) < 4.78 is 11.7. The Labute approximate surface area is 184 Å². The molecule has 0 saturated carbocycles. The van der Waals surface area contributed by atoms with Gasteiger partial charge >= 0.3 is 0 Å². The number of nitrogens with one attached hydrogen (secondary N) is 1. The molecule has 0 spiro atoms. The van der Waals surface area contributed by atoms with Gasteiger partial charge in [0.25, 0.3) is 11.5 Å². The smallest absolute Gasteiger partial charge is 0.279 e. The third-order valence-electron chi connectivity index (χ3n) is 5.16. The quantitative estimate of drug-likeness (QED) is 0.609. The van der Waals surface area contributed by atoms with Crippen LogP contribution in [0.1, 0.15) is 16.1 Å². The number of carbonyl (C=O) groups excluding carboxylic acids is 1. The van der Waals surface area contributed by atoms with Gasteiger partial charge < -0.3 is 19.9 Å². The number of hydrogen-bond acceptors (Lipinski definition) is 7. The van der Waals surface area contributed by atoms with Gasteiger partial charge in [0, 0.05) is 31.4 Å². The van der Waals surface area contributed by atoms with Crippen LogP contribution in [0.15, 0.2) is 59.4 Å². The third-order valence-corrected chi connectivity index (χ3v) is 5.16. The van der Waals surface area contributed by atoms with Gasteiger partial charge in [0.05, 0.1) is 20.3 Å². The number of ether oxygens (including phenoxy) is 2. The Morgan fingerprint density at radius 3 is 2.59 bits per heavy atom. The lowest BCUT2D eigenvalue weighted by atomic mass is 10.2. The van der Waals surface area contributed by atoms with Gasteiger partial charge in [-0.25, -0.2) is 0 Å². The SMILES string of the molecule is COc1ccccc1-n1nc(C(=O)Nc2ccc(CN3CCOCC3)cc2)c(O)cc1=O. The Kier molecular flexibility index (Phi) is 6.48. The number of methoxy groups -OCH3 is 1. The summed E-state index contributed by atoms with van der Waals surface area (Å²) >= 11 is 0. The molecule has 9 heteroatoms. The average molecular weight is 436 g/mol. The molecule has 1 amide bonds. The maximum atomic E-state index is 12.8. The minimum Gasteiger partial charge on any atom is -0.505 e. The van der Waals surface area contributed by atoms with Gasteiger partial charge in [-0.3, -0.25) is 14.5 Å². The van der Waals surface area contributed by atoms with E-state index < -0.39 is 17.2 Å². The van der Waals surface area contributed by atoms with E-state index in [0.29, 0.717) is 17.1 Å². The van der Waals surface area contributed by atoms with Crippen LogP contribution in [0.4, 0.5) is 5.69 Å². The van der Waals surface area contributed by atoms with Crippen LogP contribution < -0.4 is 15.6 Å². The molecule has 0 aliphatic carbocycles. The second kappa shape index (κ2) is 9.63. The summed E-state index contributed by atoms with van der Waals surface area (Å²) in [5, 5.41) is 17.0. The molecule has 2 N–H and O–H groups in total. The van der Waals surface area contributed by atoms with Crippen molar-refractivity contribution in [2.24, 2.45) is 0 Å². The van der Waals surface area contributed by atoms with Crippen molar-refractivity contribution in [2.75, 3.05) is 38.7 Å². The van der Waals surface area contributed by atoms with Gasteiger partial charge in [-0.1, -0.05) is 24.3 Å². The van der Waals surface area contributed by atoms with E-state index in [2.05, 4.69) is 15.3 Å². The van der Waals surface area contributed by atoms with Gasteiger partial charge in [-0.2, -0.15) is 9.78 Å². The van der Waals surface area contributed by atoms with Gasteiger partial charge in [-0.15, -0.1) is 0 Å². The van der Waals surface area contributed by atoms with Crippen LogP contribution >= 0.6 is 0 Å². The van der Waals surface area contributed by atoms with Crippen molar-refractivity contribution < 1.29 is 19.4 Å². The van der Waals surface area contributed by atoms with E-state index >= 15 is 0 Å². The fourth-order valence-corrected chi connectivity index (χ4v) is 3.49. The normalized spacial score (nSPS) is 14.2. The lowest BCUT2D eigenvalue weighted by Crippen LogP contribution is -2.35. The highest BCUT2D eigenvalue weighted by Gasteiger charge is 2.19. The largest absolute Gasteiger partial charge is 0.505 e. The molecule has 3 aromatic rings. The van der Waals surface area contributed by atoms with Crippen molar-refractivity contribution in [1.82, 2.24) is 14.7 Å². The molecule has 9 nitrogen and oxygen atoms in total. The summed E-state index contributed by atoms with van der Waals surface area (Å²) in [6.45, 7) is 4.07. The van der Waals surface area contributed by atoms with Crippen LogP contribution in [0.5, 0.6) is 11.5 Å². The topological polar surface area (TPSA) is 106 Å². The Hall–Kier alpha value is -3.69. The first-order chi connectivity index (χ1) is 15.5. The highest BCUT2D eigenvalue weighted by molar-refractivity contribution is 6.04. The lowest BCUT2D eigenvalue weighted by Gasteiger charge is -2.26. The summed E-state index contributed by atoms with van der Waals surface area (Å²) in [7, 11) is 1.47. The molecule has 1 aliphatic rings. The molecule has 1 saturated heterocycles. The van der Waals surface area contributed by atoms with Crippen molar-refractivity contribution >= 4 is 11.6 Å². The fourth-order valence-electron chi connectivity index (χ4n) is 3.49. The molecule has 2 aromatic carbocycles. The summed E-state index contributed by atoms with van der Waals surface area (Å²) in [5.74, 6) is -0.718. The predicted molar refractivity (Wildman–Crippen MR) is 119 cm³/mol. The highest BCUT2D eigenvalue weighted by atomic mass is 16.5. The second-order valence-electron chi connectivity index (χ2n) is 7.34. The van der Waals surface area contributed by atoms with Gasteiger partial charge in [-0.05, 0) is 29.8 Å². The molecule has 2 heterocycles. The summed E-state index contributed by atoms with van der Waals surface area (Å²) in [5.41, 5.74) is 1.18. The number of aromatic hydroxyl groups is 1. The molecule has 0 atom stereocenters. The molecule has 32 heavy (non-hydrogen) atoms. The van der Waals surface area contributed by atoms with Crippen molar-refractivity contribution in [3.63, 3.8) is 0 Å². The zero-order valence-electron chi connectivity index (χ0n) is 17.7. The molecule has 1 aromatic heterocycles. The molecule has 1 fully saturated rings. The Balaban J connectivity index is 1.52. The van der Waals surface area contributed by atoms with Crippen molar-refractivity contribution in [1.29, 1.82) is 0 Å². The Bertz CT molecular complexity index is 1150. The number of anilines is 1. The highest BCUT2D eigenvalue weighted by Crippen LogP contribution is 2.22. The van der Waals surface area contributed by atoms with E-state index in [1.807, 2.05) is 12.1 Å². The number of morpholine rings is 1. The molecule has 1 aliphatic heterocycles. The Morgan fingerprint density at radius 2 is 1.88 bits per heavy atom. The first kappa shape index (κ1) is 21.5. The van der Waals surface area contributed by atoms with E-state index in [1.165, 1.54) is 7.11 Å². The van der Waals surface area contributed by atoms with Crippen LogP contribution in [-0.2, 0) is 11.3 Å². The summed E-state index contributed by atoms with van der Waals surface area (Å²) in [6.07, 6.45) is 0. The van der Waals surface area contributed by atoms with Crippen LogP contribution in [-0.4, -0.2) is 59.1 Å². The minimum atomic E-state index is -0.632. The number of amides is 1. The summed E-state index contributed by atoms with van der Waals surface area (Å²) in [4.78, 5) is 27.5. The number of carbonyl (C=O) groups is 1. The zero-order valence-corrected chi connectivity index (χ0v) is 17.7. The van der Waals surface area contributed by atoms with Crippen LogP contribution in [0.25, 0.3) is 5.69 Å². The van der Waals surface area contributed by atoms with Crippen LogP contribution in [0, 0.1) is 0 Å². The summed E-state index contributed by atoms with van der Waals surface area (Å²) in [6, 6.07) is 15.2. The van der Waals surface area contributed by atoms with Crippen molar-refractivity contribution in [2.45, 2.75) is 6.54 Å². The third kappa shape index (κ3) is 4.79. The number of benzene rings is 2. The van der Waals surface area contributed by atoms with Gasteiger partial charge in [0.2, 0.25) is 0 Å². The van der Waals surface area contributed by atoms with E-state index in [9.17, 15) is 14.7 Å². The van der Waals surface area contributed by atoms with Crippen LogP contribution in [0.2, 0.25) is 0 Å². The Morgan fingerprint density at radius 1 is 1.16 bits per heavy atom. The number of para-hydroxylation sites is 2. The number of nitrogens with zero attached hydrogens (tertiary/aromatic N) is 3. The minimum absolute atomic E-state index is 0.270. The van der Waals surface area contributed by atoms with Crippen molar-refractivity contribution in [3.8, 4) is 17.2 Å². The monoisotopic (exact) mass is 436 g/mol. The molecular formula is C23H24N4O5. The first-order valence-electron chi connectivity index (χ1n) is 10.2. The predicted octanol–water partition coefficient (Wildman–Crippen LogP) is 2.03. The molecule has 4 rings (SSSR count). The number of aromatic nitrogens is 2. The van der Waals surface area contributed by atoms with Gasteiger partial charge in [0.1, 0.15) is 11.4 Å². The maximum absolute atomic E-state index is 12.8. The van der Waals surface area contributed by atoms with E-state index in [4.69, 9.17) is 9.47 Å². The molecule has 166 valence electrons. The standard InChI is InChI=1S/C23H24N4O5/c1-31-20-5-3-2-4-18(20)27-21(29)14-19(28)22(25-27)23(30)24-17-8-6-16(7-9-17)15-26-10-12-32-13-11-26/h2-9,14,28H,10-13,15H2,1H3,(H,24,30). The molecule has 0 unspecified atom stereocenters. The average Bonchev–Trinajstić information content (AvgIpc) is 2.81. The van der Waals surface area contributed by atoms with Crippen molar-refractivity contribution in [3.05, 3.63) is 76.2 Å². The fraction of sp³-hybridized carbons (Fsp3) is 0.261. The number of hydrogen-bond donors (Lipinski definition) is 2. The second-order valence-corrected chi connectivity index (χ2v) is 7.34. The maximum Gasteiger partial charge on any atom is 0.279 e. The first-order valence-corrected chi connectivity index (χ1v) is 10.2. The zero-order chi connectivity index (χ0) is 22.5. The van der Waals surface area contributed by atoms with Crippen LogP contribution in [0.3, 0.4) is 0 Å². The van der Waals surface area contributed by atoms with Gasteiger partial charge in [0.15, 0.2) is 11.4 Å².